The molecule has 1 heterocycles. The summed E-state index contributed by atoms with van der Waals surface area (Å²) in [6.45, 7) is 2.62. The van der Waals surface area contributed by atoms with Gasteiger partial charge >= 0.3 is 0 Å². The molecule has 0 fully saturated rings. The fourth-order valence-corrected chi connectivity index (χ4v) is 3.43. The number of rotatable bonds is 11. The number of ether oxygens (including phenoxy) is 3. The Kier molecular flexibility index (Phi) is 8.02. The second-order valence-corrected chi connectivity index (χ2v) is 7.99. The van der Waals surface area contributed by atoms with Gasteiger partial charge in [0.1, 0.15) is 17.2 Å². The van der Waals surface area contributed by atoms with Crippen LogP contribution in [0.1, 0.15) is 22.8 Å². The van der Waals surface area contributed by atoms with Crippen molar-refractivity contribution >= 4 is 17.8 Å². The lowest BCUT2D eigenvalue weighted by atomic mass is 10.2. The number of carbonyl (C=O) groups excluding carboxylic acids is 1. The quantitative estimate of drug-likeness (QED) is 0.316. The summed E-state index contributed by atoms with van der Waals surface area (Å²) in [5, 5.41) is 10.8. The van der Waals surface area contributed by atoms with Crippen molar-refractivity contribution in [2.24, 2.45) is 0 Å². The lowest BCUT2D eigenvalue weighted by Gasteiger charge is -2.14. The molecule has 0 amide bonds. The Balaban J connectivity index is 1.50. The molecule has 2 N–H and O–H groups in total. The van der Waals surface area contributed by atoms with E-state index in [-0.39, 0.29) is 5.91 Å². The van der Waals surface area contributed by atoms with Crippen LogP contribution in [0.5, 0.6) is 17.2 Å². The maximum atomic E-state index is 13.3. The maximum Gasteiger partial charge on any atom is 0.290 e. The van der Waals surface area contributed by atoms with Crippen LogP contribution < -0.4 is 24.8 Å². The number of methoxy groups -OCH3 is 2. The average molecular weight is 488 g/mol. The van der Waals surface area contributed by atoms with Crippen LogP contribution in [0, 0.1) is 0 Å². The third kappa shape index (κ3) is 6.32. The zero-order chi connectivity index (χ0) is 25.3. The Morgan fingerprint density at radius 2 is 1.36 bits per heavy atom. The number of para-hydroxylation sites is 1. The molecule has 9 nitrogen and oxygen atoms in total. The van der Waals surface area contributed by atoms with Crippen LogP contribution in [-0.4, -0.2) is 41.0 Å². The zero-order valence-electron chi connectivity index (χ0n) is 20.5. The van der Waals surface area contributed by atoms with Crippen molar-refractivity contribution in [2.45, 2.75) is 26.1 Å². The number of aromatic nitrogens is 3. The molecule has 0 unspecified atom stereocenters. The van der Waals surface area contributed by atoms with E-state index in [2.05, 4.69) is 20.7 Å². The van der Waals surface area contributed by atoms with Gasteiger partial charge in [0.2, 0.25) is 11.9 Å². The first-order valence-corrected chi connectivity index (χ1v) is 11.5. The number of hydrogen-bond acceptors (Lipinski definition) is 8. The molecule has 3 aromatic carbocycles. The Morgan fingerprint density at radius 1 is 0.806 bits per heavy atom. The van der Waals surface area contributed by atoms with E-state index >= 15 is 0 Å². The van der Waals surface area contributed by atoms with Gasteiger partial charge in [0.25, 0.3) is 5.91 Å². The highest BCUT2D eigenvalue weighted by Gasteiger charge is 2.23. The minimum absolute atomic E-state index is 0.316. The number of benzene rings is 3. The van der Waals surface area contributed by atoms with Gasteiger partial charge in [-0.2, -0.15) is 9.67 Å². The zero-order valence-corrected chi connectivity index (χ0v) is 20.5. The summed E-state index contributed by atoms with van der Waals surface area (Å²) >= 11 is 0. The SMILES string of the molecule is COc1ccc(CNc2nc(NCc3ccc(OC)cc3)n(C(=O)[C@H](C)Oc3ccccc3)n2)cc1. The standard InChI is InChI=1S/C27H29N5O4/c1-19(36-24-7-5-4-6-8-24)25(33)32-27(29-18-21-11-15-23(35-3)16-12-21)30-26(31-32)28-17-20-9-13-22(34-2)14-10-20/h4-16,19H,17-18H2,1-3H3,(H2,28,29,30,31)/t19-/m0/s1. The van der Waals surface area contributed by atoms with Crippen molar-refractivity contribution in [1.29, 1.82) is 0 Å². The number of nitrogens with one attached hydrogen (secondary N) is 2. The van der Waals surface area contributed by atoms with Gasteiger partial charge in [-0.15, -0.1) is 5.10 Å². The van der Waals surface area contributed by atoms with Crippen LogP contribution in [0.15, 0.2) is 78.9 Å². The highest BCUT2D eigenvalue weighted by atomic mass is 16.5. The van der Waals surface area contributed by atoms with Gasteiger partial charge < -0.3 is 24.8 Å². The first-order valence-electron chi connectivity index (χ1n) is 11.5. The van der Waals surface area contributed by atoms with E-state index in [1.54, 1.807) is 33.3 Å². The average Bonchev–Trinajstić information content (AvgIpc) is 3.34. The summed E-state index contributed by atoms with van der Waals surface area (Å²) in [4.78, 5) is 17.8. The molecule has 186 valence electrons. The van der Waals surface area contributed by atoms with Gasteiger partial charge in [-0.05, 0) is 54.4 Å². The number of anilines is 2. The van der Waals surface area contributed by atoms with E-state index in [1.807, 2.05) is 66.7 Å². The summed E-state index contributed by atoms with van der Waals surface area (Å²) in [5.41, 5.74) is 2.02. The van der Waals surface area contributed by atoms with E-state index in [0.717, 1.165) is 22.6 Å². The topological polar surface area (TPSA) is 99.5 Å². The summed E-state index contributed by atoms with van der Waals surface area (Å²) < 4.78 is 17.5. The Morgan fingerprint density at radius 3 is 1.92 bits per heavy atom. The van der Waals surface area contributed by atoms with Gasteiger partial charge in [0.15, 0.2) is 6.10 Å². The van der Waals surface area contributed by atoms with Gasteiger partial charge in [0.05, 0.1) is 14.2 Å². The first kappa shape index (κ1) is 24.6. The Bertz CT molecular complexity index is 1260. The van der Waals surface area contributed by atoms with E-state index < -0.39 is 6.10 Å². The molecular weight excluding hydrogens is 458 g/mol. The second-order valence-electron chi connectivity index (χ2n) is 7.99. The van der Waals surface area contributed by atoms with Gasteiger partial charge in [-0.25, -0.2) is 0 Å². The van der Waals surface area contributed by atoms with Gasteiger partial charge in [0, 0.05) is 13.1 Å². The summed E-state index contributed by atoms with van der Waals surface area (Å²) in [6, 6.07) is 24.5. The molecule has 0 aliphatic rings. The molecule has 0 aliphatic carbocycles. The van der Waals surface area contributed by atoms with E-state index in [9.17, 15) is 4.79 Å². The van der Waals surface area contributed by atoms with Crippen LogP contribution in [0.4, 0.5) is 11.9 Å². The van der Waals surface area contributed by atoms with Crippen LogP contribution in [0.3, 0.4) is 0 Å². The van der Waals surface area contributed by atoms with Crippen LogP contribution in [-0.2, 0) is 13.1 Å². The molecule has 0 saturated carbocycles. The van der Waals surface area contributed by atoms with E-state index in [0.29, 0.717) is 30.7 Å². The molecule has 1 aromatic heterocycles. The molecule has 0 bridgehead atoms. The van der Waals surface area contributed by atoms with Crippen molar-refractivity contribution in [1.82, 2.24) is 14.8 Å². The van der Waals surface area contributed by atoms with Crippen molar-refractivity contribution in [3.63, 3.8) is 0 Å². The van der Waals surface area contributed by atoms with Crippen LogP contribution in [0.2, 0.25) is 0 Å². The van der Waals surface area contributed by atoms with E-state index in [1.165, 1.54) is 4.68 Å². The minimum atomic E-state index is -0.773. The van der Waals surface area contributed by atoms with Crippen molar-refractivity contribution < 1.29 is 19.0 Å². The van der Waals surface area contributed by atoms with Crippen LogP contribution in [0.25, 0.3) is 0 Å². The summed E-state index contributed by atoms with van der Waals surface area (Å²) in [5.74, 6) is 2.45. The molecule has 4 rings (SSSR count). The number of hydrogen-bond donors (Lipinski definition) is 2. The minimum Gasteiger partial charge on any atom is -0.497 e. The highest BCUT2D eigenvalue weighted by molar-refractivity contribution is 5.85. The highest BCUT2D eigenvalue weighted by Crippen LogP contribution is 2.18. The summed E-state index contributed by atoms with van der Waals surface area (Å²) in [6.07, 6.45) is -0.773. The monoisotopic (exact) mass is 487 g/mol. The van der Waals surface area contributed by atoms with Crippen LogP contribution >= 0.6 is 0 Å². The van der Waals surface area contributed by atoms with Gasteiger partial charge in [-0.1, -0.05) is 42.5 Å². The Labute approximate surface area is 210 Å². The molecule has 0 saturated heterocycles. The Hall–Kier alpha value is -4.53. The molecule has 0 spiro atoms. The summed E-state index contributed by atoms with van der Waals surface area (Å²) in [7, 11) is 3.25. The number of nitrogens with zero attached hydrogens (tertiary/aromatic N) is 3. The third-order valence-corrected chi connectivity index (χ3v) is 5.44. The molecule has 0 radical (unpaired) electrons. The number of carbonyl (C=O) groups is 1. The lowest BCUT2D eigenvalue weighted by Crippen LogP contribution is -2.31. The smallest absolute Gasteiger partial charge is 0.290 e. The van der Waals surface area contributed by atoms with Crippen molar-refractivity contribution in [2.75, 3.05) is 24.9 Å². The molecule has 9 heteroatoms. The predicted molar refractivity (Wildman–Crippen MR) is 138 cm³/mol. The molecule has 4 aromatic rings. The van der Waals surface area contributed by atoms with Gasteiger partial charge in [-0.3, -0.25) is 4.79 Å². The molecule has 0 aliphatic heterocycles. The molecule has 1 atom stereocenters. The van der Waals surface area contributed by atoms with Crippen molar-refractivity contribution in [3.05, 3.63) is 90.0 Å². The predicted octanol–water partition coefficient (Wildman–Crippen LogP) is 4.63. The van der Waals surface area contributed by atoms with E-state index in [4.69, 9.17) is 14.2 Å². The third-order valence-electron chi connectivity index (χ3n) is 5.44. The first-order chi connectivity index (χ1) is 17.6. The molecule has 36 heavy (non-hydrogen) atoms. The maximum absolute atomic E-state index is 13.3. The largest absolute Gasteiger partial charge is 0.497 e. The fraction of sp³-hybridized carbons (Fsp3) is 0.222. The lowest BCUT2D eigenvalue weighted by molar-refractivity contribution is 0.0713. The fourth-order valence-electron chi connectivity index (χ4n) is 3.43. The second kappa shape index (κ2) is 11.7. The molecular formula is C27H29N5O4. The normalized spacial score (nSPS) is 11.4. The van der Waals surface area contributed by atoms with Crippen molar-refractivity contribution in [3.8, 4) is 17.2 Å².